The van der Waals surface area contributed by atoms with Crippen LogP contribution in [0.15, 0.2) is 52.3 Å². The van der Waals surface area contributed by atoms with Gasteiger partial charge in [0.05, 0.1) is 15.4 Å². The highest BCUT2D eigenvalue weighted by atomic mass is 32.2. The van der Waals surface area contributed by atoms with Gasteiger partial charge in [0, 0.05) is 18.7 Å². The van der Waals surface area contributed by atoms with E-state index in [1.165, 1.54) is 22.5 Å². The molecule has 0 aliphatic carbocycles. The highest BCUT2D eigenvalue weighted by molar-refractivity contribution is 7.89. The zero-order valence-electron chi connectivity index (χ0n) is 16.0. The summed E-state index contributed by atoms with van der Waals surface area (Å²) in [6.45, 7) is 0.802. The molecule has 10 nitrogen and oxygen atoms in total. The van der Waals surface area contributed by atoms with Gasteiger partial charge in [-0.3, -0.25) is 20.4 Å². The smallest absolute Gasteiger partial charge is 0.267 e. The Morgan fingerprint density at radius 1 is 0.903 bits per heavy atom. The number of primary sulfonamides is 1. The number of carbonyl (C=O) groups excluding carboxylic acids is 2. The summed E-state index contributed by atoms with van der Waals surface area (Å²) in [5.74, 6) is -3.01. The molecule has 1 aliphatic heterocycles. The Balaban J connectivity index is 1.74. The monoisotopic (exact) mass is 470 g/mol. The van der Waals surface area contributed by atoms with E-state index in [-0.39, 0.29) is 10.5 Å². The number of carbonyl (C=O) groups is 2. The minimum absolute atomic E-state index is 0.0562. The molecule has 0 radical (unpaired) electrons. The third kappa shape index (κ3) is 5.07. The molecule has 0 unspecified atom stereocenters. The third-order valence-corrected chi connectivity index (χ3v) is 7.41. The van der Waals surface area contributed by atoms with Gasteiger partial charge in [0.2, 0.25) is 20.0 Å². The lowest BCUT2D eigenvalue weighted by atomic mass is 10.2. The molecule has 2 aromatic rings. The summed E-state index contributed by atoms with van der Waals surface area (Å²) < 4.78 is 63.3. The Bertz CT molecular complexity index is 1240. The van der Waals surface area contributed by atoms with Crippen molar-refractivity contribution in [3.05, 3.63) is 59.4 Å². The molecule has 2 amide bonds. The minimum atomic E-state index is -4.17. The number of hydrogen-bond donors (Lipinski definition) is 3. The Morgan fingerprint density at radius 2 is 1.55 bits per heavy atom. The predicted molar refractivity (Wildman–Crippen MR) is 107 cm³/mol. The molecule has 0 aromatic heterocycles. The lowest BCUT2D eigenvalue weighted by Crippen LogP contribution is -2.42. The van der Waals surface area contributed by atoms with Crippen molar-refractivity contribution in [3.8, 4) is 0 Å². The largest absolute Gasteiger partial charge is 0.272 e. The van der Waals surface area contributed by atoms with E-state index < -0.39 is 48.1 Å². The number of hydrogen-bond acceptors (Lipinski definition) is 6. The summed E-state index contributed by atoms with van der Waals surface area (Å²) in [6, 6.07) is 7.63. The minimum Gasteiger partial charge on any atom is -0.267 e. The Morgan fingerprint density at radius 3 is 2.19 bits per heavy atom. The van der Waals surface area contributed by atoms with Crippen LogP contribution in [0.1, 0.15) is 33.6 Å². The highest BCUT2D eigenvalue weighted by Crippen LogP contribution is 2.21. The molecule has 1 heterocycles. The fourth-order valence-electron chi connectivity index (χ4n) is 2.98. The SMILES string of the molecule is NS(=O)(=O)c1ccc(F)c(C(=O)NNC(=O)c2cccc(S(=O)(=O)N3CCCC3)c2)c1. The van der Waals surface area contributed by atoms with E-state index in [4.69, 9.17) is 5.14 Å². The van der Waals surface area contributed by atoms with Gasteiger partial charge < -0.3 is 0 Å². The van der Waals surface area contributed by atoms with Crippen LogP contribution in [-0.4, -0.2) is 46.0 Å². The summed E-state index contributed by atoms with van der Waals surface area (Å²) in [7, 11) is -7.92. The van der Waals surface area contributed by atoms with Crippen molar-refractivity contribution in [3.63, 3.8) is 0 Å². The molecule has 0 atom stereocenters. The number of hydrazine groups is 1. The van der Waals surface area contributed by atoms with Crippen molar-refractivity contribution in [2.24, 2.45) is 5.14 Å². The van der Waals surface area contributed by atoms with Crippen LogP contribution in [0.3, 0.4) is 0 Å². The molecule has 1 aliphatic rings. The van der Waals surface area contributed by atoms with Crippen molar-refractivity contribution in [2.45, 2.75) is 22.6 Å². The molecule has 0 bridgehead atoms. The fraction of sp³-hybridized carbons (Fsp3) is 0.222. The van der Waals surface area contributed by atoms with E-state index in [1.807, 2.05) is 10.9 Å². The molecule has 4 N–H and O–H groups in total. The number of nitrogens with two attached hydrogens (primary N) is 1. The van der Waals surface area contributed by atoms with Crippen LogP contribution in [0.4, 0.5) is 4.39 Å². The van der Waals surface area contributed by atoms with E-state index in [2.05, 4.69) is 0 Å². The summed E-state index contributed by atoms with van der Waals surface area (Å²) >= 11 is 0. The molecule has 0 spiro atoms. The standard InChI is InChI=1S/C18H19FN4O6S2/c19-16-7-6-13(30(20,26)27)11-15(16)18(25)22-21-17(24)12-4-3-5-14(10-12)31(28,29)23-8-1-2-9-23/h3-7,10-11H,1-2,8-9H2,(H,21,24)(H,22,25)(H2,20,26,27). The first kappa shape index (κ1) is 22.8. The number of amides is 2. The van der Waals surface area contributed by atoms with Crippen molar-refractivity contribution >= 4 is 31.9 Å². The predicted octanol–water partition coefficient (Wildman–Crippen LogP) is 0.332. The van der Waals surface area contributed by atoms with Gasteiger partial charge in [-0.2, -0.15) is 4.31 Å². The molecular formula is C18H19FN4O6S2. The van der Waals surface area contributed by atoms with E-state index in [9.17, 15) is 30.8 Å². The van der Waals surface area contributed by atoms with Gasteiger partial charge in [-0.15, -0.1) is 0 Å². The van der Waals surface area contributed by atoms with Crippen LogP contribution in [-0.2, 0) is 20.0 Å². The first-order valence-corrected chi connectivity index (χ1v) is 12.0. The van der Waals surface area contributed by atoms with E-state index in [1.54, 1.807) is 0 Å². The average molecular weight is 471 g/mol. The highest BCUT2D eigenvalue weighted by Gasteiger charge is 2.27. The molecule has 1 saturated heterocycles. The molecule has 1 fully saturated rings. The number of halogens is 1. The summed E-state index contributed by atoms with van der Waals surface area (Å²) in [5.41, 5.74) is 3.28. The van der Waals surface area contributed by atoms with Crippen LogP contribution in [0.25, 0.3) is 0 Å². The van der Waals surface area contributed by atoms with Crippen molar-refractivity contribution in [2.75, 3.05) is 13.1 Å². The number of sulfonamides is 2. The molecule has 3 rings (SSSR count). The topological polar surface area (TPSA) is 156 Å². The zero-order valence-corrected chi connectivity index (χ0v) is 17.7. The Kier molecular flexibility index (Phi) is 6.40. The van der Waals surface area contributed by atoms with Crippen molar-refractivity contribution < 1.29 is 30.8 Å². The second-order valence-corrected chi connectivity index (χ2v) is 10.2. The molecule has 0 saturated carbocycles. The van der Waals surface area contributed by atoms with Crippen LogP contribution in [0.5, 0.6) is 0 Å². The van der Waals surface area contributed by atoms with Crippen LogP contribution >= 0.6 is 0 Å². The number of benzene rings is 2. The van der Waals surface area contributed by atoms with Crippen LogP contribution < -0.4 is 16.0 Å². The van der Waals surface area contributed by atoms with Crippen molar-refractivity contribution in [1.82, 2.24) is 15.2 Å². The second kappa shape index (κ2) is 8.70. The number of nitrogens with one attached hydrogen (secondary N) is 2. The lowest BCUT2D eigenvalue weighted by molar-refractivity contribution is 0.0844. The first-order chi connectivity index (χ1) is 14.5. The molecule has 31 heavy (non-hydrogen) atoms. The quantitative estimate of drug-likeness (QED) is 0.535. The summed E-state index contributed by atoms with van der Waals surface area (Å²) in [5, 5.41) is 4.96. The van der Waals surface area contributed by atoms with Gasteiger partial charge in [0.1, 0.15) is 5.82 Å². The molecule has 2 aromatic carbocycles. The molecule has 13 heteroatoms. The lowest BCUT2D eigenvalue weighted by Gasteiger charge is -2.16. The van der Waals surface area contributed by atoms with E-state index >= 15 is 0 Å². The first-order valence-electron chi connectivity index (χ1n) is 9.03. The van der Waals surface area contributed by atoms with Crippen LogP contribution in [0, 0.1) is 5.82 Å². The number of rotatable bonds is 5. The molecule has 166 valence electrons. The maximum absolute atomic E-state index is 13.9. The van der Waals surface area contributed by atoms with Gasteiger partial charge in [-0.1, -0.05) is 6.07 Å². The maximum atomic E-state index is 13.9. The van der Waals surface area contributed by atoms with Gasteiger partial charge in [-0.05, 0) is 49.2 Å². The van der Waals surface area contributed by atoms with Crippen molar-refractivity contribution in [1.29, 1.82) is 0 Å². The normalized spacial score (nSPS) is 14.9. The van der Waals surface area contributed by atoms with E-state index in [0.717, 1.165) is 37.1 Å². The fourth-order valence-corrected chi connectivity index (χ4v) is 5.09. The third-order valence-electron chi connectivity index (χ3n) is 4.60. The Labute approximate surface area is 178 Å². The van der Waals surface area contributed by atoms with Gasteiger partial charge in [0.25, 0.3) is 11.8 Å². The summed E-state index contributed by atoms with van der Waals surface area (Å²) in [4.78, 5) is 24.0. The van der Waals surface area contributed by atoms with Gasteiger partial charge in [0.15, 0.2) is 0 Å². The number of nitrogens with zero attached hydrogens (tertiary/aromatic N) is 1. The zero-order chi connectivity index (χ0) is 22.8. The molecular weight excluding hydrogens is 451 g/mol. The summed E-state index contributed by atoms with van der Waals surface area (Å²) in [6.07, 6.45) is 1.52. The second-order valence-electron chi connectivity index (χ2n) is 6.73. The van der Waals surface area contributed by atoms with Gasteiger partial charge >= 0.3 is 0 Å². The maximum Gasteiger partial charge on any atom is 0.272 e. The van der Waals surface area contributed by atoms with Gasteiger partial charge in [-0.25, -0.2) is 26.4 Å². The van der Waals surface area contributed by atoms with E-state index in [0.29, 0.717) is 13.1 Å². The Hall–Kier alpha value is -2.87. The van der Waals surface area contributed by atoms with Crippen LogP contribution in [0.2, 0.25) is 0 Å². The average Bonchev–Trinajstić information content (AvgIpc) is 3.27.